The van der Waals surface area contributed by atoms with Gasteiger partial charge in [0.1, 0.15) is 12.2 Å². The predicted molar refractivity (Wildman–Crippen MR) is 166 cm³/mol. The molecule has 1 aliphatic rings. The van der Waals surface area contributed by atoms with Crippen LogP contribution in [0.15, 0.2) is 0 Å². The third kappa shape index (κ3) is 18.4. The molecule has 248 valence electrons. The molecule has 0 bridgehead atoms. The molecule has 5 atom stereocenters. The van der Waals surface area contributed by atoms with Gasteiger partial charge in [-0.2, -0.15) is 0 Å². The smallest absolute Gasteiger partial charge is 0.306 e. The Hall–Kier alpha value is -1.22. The number of aliphatic hydroxyl groups is 3. The van der Waals surface area contributed by atoms with E-state index in [0.717, 1.165) is 38.5 Å². The van der Waals surface area contributed by atoms with Gasteiger partial charge in [-0.15, -0.1) is 0 Å². The van der Waals surface area contributed by atoms with Gasteiger partial charge in [-0.3, -0.25) is 9.59 Å². The average molecular weight is 601 g/mol. The van der Waals surface area contributed by atoms with E-state index in [-0.39, 0.29) is 12.8 Å². The predicted octanol–water partition coefficient (Wildman–Crippen LogP) is 7.28. The van der Waals surface area contributed by atoms with Gasteiger partial charge >= 0.3 is 11.9 Å². The number of carbonyl (C=O) groups excluding carboxylic acids is 2. The third-order valence-electron chi connectivity index (χ3n) is 8.32. The largest absolute Gasteiger partial charge is 0.455 e. The van der Waals surface area contributed by atoms with E-state index in [2.05, 4.69) is 13.8 Å². The third-order valence-corrected chi connectivity index (χ3v) is 8.32. The number of esters is 2. The molecule has 8 nitrogen and oxygen atoms in total. The summed E-state index contributed by atoms with van der Waals surface area (Å²) in [6.07, 6.45) is 19.2. The molecule has 0 amide bonds. The van der Waals surface area contributed by atoms with Crippen LogP contribution in [0.3, 0.4) is 0 Å². The van der Waals surface area contributed by atoms with Crippen molar-refractivity contribution in [2.45, 2.75) is 199 Å². The van der Waals surface area contributed by atoms with Gasteiger partial charge in [0.05, 0.1) is 6.61 Å². The van der Waals surface area contributed by atoms with E-state index in [1.54, 1.807) is 0 Å². The monoisotopic (exact) mass is 600 g/mol. The Kier molecular flexibility index (Phi) is 24.2. The van der Waals surface area contributed by atoms with Gasteiger partial charge in [-0.05, 0) is 12.8 Å². The Morgan fingerprint density at radius 1 is 0.548 bits per heavy atom. The molecule has 8 heteroatoms. The first-order valence-electron chi connectivity index (χ1n) is 17.5. The second-order valence-corrected chi connectivity index (χ2v) is 12.2. The molecule has 0 unspecified atom stereocenters. The summed E-state index contributed by atoms with van der Waals surface area (Å²) in [6, 6.07) is 0. The fraction of sp³-hybridized carbons (Fsp3) is 0.941. The number of ether oxygens (including phenoxy) is 3. The zero-order valence-electron chi connectivity index (χ0n) is 26.9. The Balaban J connectivity index is 2.32. The lowest BCUT2D eigenvalue weighted by Crippen LogP contribution is -2.61. The van der Waals surface area contributed by atoms with Gasteiger partial charge in [-0.25, -0.2) is 0 Å². The summed E-state index contributed by atoms with van der Waals surface area (Å²) in [6.45, 7) is 3.89. The lowest BCUT2D eigenvalue weighted by Gasteiger charge is -2.41. The molecule has 1 fully saturated rings. The minimum atomic E-state index is -1.61. The standard InChI is InChI=1S/C34H64O8/c1-3-5-7-9-11-13-15-17-19-21-23-25-29(36)41-32-31(38)28(27-35)40-34(39)33(32)42-30(37)26-24-22-20-18-16-14-12-10-8-6-4-2/h28,31-35,38-39H,3-27H2,1-2H3/t28-,31-,32+,33-,34-/m1/s1. The lowest BCUT2D eigenvalue weighted by atomic mass is 9.98. The maximum Gasteiger partial charge on any atom is 0.306 e. The molecular formula is C34H64O8. The van der Waals surface area contributed by atoms with E-state index in [9.17, 15) is 24.9 Å². The first kappa shape index (κ1) is 38.8. The van der Waals surface area contributed by atoms with Crippen LogP contribution in [-0.2, 0) is 23.8 Å². The van der Waals surface area contributed by atoms with Crippen molar-refractivity contribution >= 4 is 11.9 Å². The van der Waals surface area contributed by atoms with Crippen LogP contribution in [0, 0.1) is 0 Å². The molecule has 0 radical (unpaired) electrons. The highest BCUT2D eigenvalue weighted by atomic mass is 16.7. The molecule has 42 heavy (non-hydrogen) atoms. The Labute approximate surface area is 256 Å². The van der Waals surface area contributed by atoms with E-state index in [1.165, 1.54) is 89.9 Å². The van der Waals surface area contributed by atoms with E-state index < -0.39 is 49.3 Å². The first-order valence-corrected chi connectivity index (χ1v) is 17.5. The van der Waals surface area contributed by atoms with Crippen LogP contribution in [0.4, 0.5) is 0 Å². The normalized spacial score (nSPS) is 22.3. The van der Waals surface area contributed by atoms with Gasteiger partial charge in [0.25, 0.3) is 0 Å². The van der Waals surface area contributed by atoms with Crippen molar-refractivity contribution in [3.63, 3.8) is 0 Å². The average Bonchev–Trinajstić information content (AvgIpc) is 2.98. The quantitative estimate of drug-likeness (QED) is 0.0664. The minimum absolute atomic E-state index is 0.180. The summed E-state index contributed by atoms with van der Waals surface area (Å²) in [5.74, 6) is -1.05. The number of hydrogen-bond donors (Lipinski definition) is 3. The van der Waals surface area contributed by atoms with Gasteiger partial charge in [-0.1, -0.05) is 142 Å². The molecule has 0 aliphatic carbocycles. The number of carbonyl (C=O) groups is 2. The number of unbranched alkanes of at least 4 members (excludes halogenated alkanes) is 20. The first-order chi connectivity index (χ1) is 20.4. The van der Waals surface area contributed by atoms with E-state index in [4.69, 9.17) is 14.2 Å². The molecule has 0 aromatic heterocycles. The van der Waals surface area contributed by atoms with Crippen molar-refractivity contribution in [1.82, 2.24) is 0 Å². The van der Waals surface area contributed by atoms with E-state index >= 15 is 0 Å². The number of rotatable bonds is 27. The Morgan fingerprint density at radius 3 is 1.24 bits per heavy atom. The van der Waals surface area contributed by atoms with Crippen LogP contribution < -0.4 is 0 Å². The fourth-order valence-corrected chi connectivity index (χ4v) is 5.61. The SMILES string of the molecule is CCCCCCCCCCCCCC(=O)O[C@@H]1[C@@H](OC(=O)CCCCCCCCCCCCC)[C@H](O)[C@@H](CO)O[C@H]1O. The summed E-state index contributed by atoms with van der Waals surface area (Å²) in [5, 5.41) is 30.6. The summed E-state index contributed by atoms with van der Waals surface area (Å²) in [7, 11) is 0. The lowest BCUT2D eigenvalue weighted by molar-refractivity contribution is -0.293. The molecule has 3 N–H and O–H groups in total. The summed E-state index contributed by atoms with van der Waals surface area (Å²) >= 11 is 0. The second kappa shape index (κ2) is 26.2. The van der Waals surface area contributed by atoms with E-state index in [0.29, 0.717) is 12.8 Å². The van der Waals surface area contributed by atoms with Crippen molar-refractivity contribution in [3.8, 4) is 0 Å². The highest BCUT2D eigenvalue weighted by Gasteiger charge is 2.49. The molecule has 1 saturated heterocycles. The fourth-order valence-electron chi connectivity index (χ4n) is 5.61. The van der Waals surface area contributed by atoms with Gasteiger partial charge in [0.2, 0.25) is 0 Å². The minimum Gasteiger partial charge on any atom is -0.455 e. The highest BCUT2D eigenvalue weighted by Crippen LogP contribution is 2.26. The molecule has 0 spiro atoms. The topological polar surface area (TPSA) is 123 Å². The molecule has 0 saturated carbocycles. The van der Waals surface area contributed by atoms with Gasteiger partial charge < -0.3 is 29.5 Å². The second-order valence-electron chi connectivity index (χ2n) is 12.2. The Morgan fingerprint density at radius 2 is 0.881 bits per heavy atom. The highest BCUT2D eigenvalue weighted by molar-refractivity contribution is 5.70. The van der Waals surface area contributed by atoms with Crippen LogP contribution in [0.5, 0.6) is 0 Å². The molecule has 1 aliphatic heterocycles. The summed E-state index contributed by atoms with van der Waals surface area (Å²) < 4.78 is 16.2. The zero-order valence-corrected chi connectivity index (χ0v) is 26.9. The molecule has 1 heterocycles. The van der Waals surface area contributed by atoms with Crippen LogP contribution in [0.2, 0.25) is 0 Å². The van der Waals surface area contributed by atoms with Crippen molar-refractivity contribution in [3.05, 3.63) is 0 Å². The molecular weight excluding hydrogens is 536 g/mol. The Bertz CT molecular complexity index is 657. The van der Waals surface area contributed by atoms with Crippen LogP contribution in [0.1, 0.15) is 168 Å². The van der Waals surface area contributed by atoms with Crippen LogP contribution in [0.25, 0.3) is 0 Å². The van der Waals surface area contributed by atoms with Crippen molar-refractivity contribution < 1.29 is 39.1 Å². The number of aliphatic hydroxyl groups excluding tert-OH is 3. The number of hydrogen-bond acceptors (Lipinski definition) is 8. The van der Waals surface area contributed by atoms with Crippen molar-refractivity contribution in [1.29, 1.82) is 0 Å². The van der Waals surface area contributed by atoms with Crippen molar-refractivity contribution in [2.75, 3.05) is 6.61 Å². The van der Waals surface area contributed by atoms with Crippen molar-refractivity contribution in [2.24, 2.45) is 0 Å². The van der Waals surface area contributed by atoms with Crippen LogP contribution in [-0.4, -0.2) is 64.6 Å². The van der Waals surface area contributed by atoms with Crippen LogP contribution >= 0.6 is 0 Å². The zero-order chi connectivity index (χ0) is 30.8. The summed E-state index contributed by atoms with van der Waals surface area (Å²) in [5.41, 5.74) is 0. The molecule has 1 rings (SSSR count). The molecule has 0 aromatic rings. The summed E-state index contributed by atoms with van der Waals surface area (Å²) in [4.78, 5) is 25.1. The maximum absolute atomic E-state index is 12.6. The molecule has 0 aromatic carbocycles. The van der Waals surface area contributed by atoms with E-state index in [1.807, 2.05) is 0 Å². The van der Waals surface area contributed by atoms with Gasteiger partial charge in [0, 0.05) is 12.8 Å². The van der Waals surface area contributed by atoms with Gasteiger partial charge in [0.15, 0.2) is 18.5 Å². The maximum atomic E-state index is 12.6.